The molecule has 0 saturated carbocycles. The Balaban J connectivity index is 1.35. The molecule has 2 aromatic carbocycles. The van der Waals surface area contributed by atoms with Crippen molar-refractivity contribution in [1.82, 2.24) is 15.5 Å². The maximum atomic E-state index is 12.1. The van der Waals surface area contributed by atoms with Gasteiger partial charge in [0.05, 0.1) is 6.04 Å². The Morgan fingerprint density at radius 2 is 1.78 bits per heavy atom. The van der Waals surface area contributed by atoms with E-state index in [-0.39, 0.29) is 12.1 Å². The van der Waals surface area contributed by atoms with E-state index in [1.54, 1.807) is 0 Å². The van der Waals surface area contributed by atoms with Gasteiger partial charge in [0.25, 0.3) is 0 Å². The van der Waals surface area contributed by atoms with Crippen molar-refractivity contribution < 1.29 is 4.79 Å². The van der Waals surface area contributed by atoms with Gasteiger partial charge in [0.1, 0.15) is 0 Å². The monoisotopic (exact) mass is 366 g/mol. The quantitative estimate of drug-likeness (QED) is 0.825. The molecule has 0 aromatic heterocycles. The first kappa shape index (κ1) is 19.2. The number of urea groups is 1. The molecule has 1 aliphatic heterocycles. The van der Waals surface area contributed by atoms with Crippen LogP contribution in [0.1, 0.15) is 24.1 Å². The van der Waals surface area contributed by atoms with Crippen molar-refractivity contribution in [3.05, 3.63) is 65.7 Å². The zero-order chi connectivity index (χ0) is 19.1. The number of aryl methyl sites for hydroxylation is 1. The number of hydrogen-bond donors (Lipinski definition) is 2. The number of rotatable bonds is 6. The van der Waals surface area contributed by atoms with Gasteiger partial charge in [-0.1, -0.05) is 42.5 Å². The predicted octanol–water partition coefficient (Wildman–Crippen LogP) is 3.18. The molecule has 1 heterocycles. The first-order chi connectivity index (χ1) is 13.1. The third-order valence-electron chi connectivity index (χ3n) is 5.10. The molecule has 1 fully saturated rings. The number of hydrogen-bond acceptors (Lipinski definition) is 3. The maximum absolute atomic E-state index is 12.1. The fourth-order valence-electron chi connectivity index (χ4n) is 3.45. The SMILES string of the molecule is Cc1cccc(N2CCN(CCNC(=O)NC(C)c3ccccc3)CC2)c1. The molecule has 1 saturated heterocycles. The highest BCUT2D eigenvalue weighted by Gasteiger charge is 2.17. The summed E-state index contributed by atoms with van der Waals surface area (Å²) in [7, 11) is 0. The number of amides is 2. The minimum Gasteiger partial charge on any atom is -0.369 e. The number of piperazine rings is 1. The maximum Gasteiger partial charge on any atom is 0.315 e. The molecule has 144 valence electrons. The molecule has 1 unspecified atom stereocenters. The predicted molar refractivity (Wildman–Crippen MR) is 111 cm³/mol. The van der Waals surface area contributed by atoms with Crippen molar-refractivity contribution in [2.75, 3.05) is 44.2 Å². The first-order valence-corrected chi connectivity index (χ1v) is 9.75. The van der Waals surface area contributed by atoms with Crippen LogP contribution < -0.4 is 15.5 Å². The average Bonchev–Trinajstić information content (AvgIpc) is 2.69. The Kier molecular flexibility index (Phi) is 6.71. The number of nitrogens with zero attached hydrogens (tertiary/aromatic N) is 2. The molecule has 3 rings (SSSR count). The van der Waals surface area contributed by atoms with E-state index >= 15 is 0 Å². The molecule has 1 atom stereocenters. The van der Waals surface area contributed by atoms with Crippen LogP contribution in [0.4, 0.5) is 10.5 Å². The molecule has 2 aromatic rings. The van der Waals surface area contributed by atoms with Gasteiger partial charge in [0.2, 0.25) is 0 Å². The third kappa shape index (κ3) is 5.73. The molecule has 2 amide bonds. The van der Waals surface area contributed by atoms with E-state index in [0.717, 1.165) is 38.3 Å². The van der Waals surface area contributed by atoms with E-state index in [1.807, 2.05) is 37.3 Å². The van der Waals surface area contributed by atoms with Crippen LogP contribution in [0.3, 0.4) is 0 Å². The molecular formula is C22H30N4O. The second-order valence-corrected chi connectivity index (χ2v) is 7.20. The molecule has 2 N–H and O–H groups in total. The zero-order valence-electron chi connectivity index (χ0n) is 16.3. The normalized spacial score (nSPS) is 16.0. The lowest BCUT2D eigenvalue weighted by Crippen LogP contribution is -2.49. The summed E-state index contributed by atoms with van der Waals surface area (Å²) in [6.45, 7) is 9.79. The topological polar surface area (TPSA) is 47.6 Å². The van der Waals surface area contributed by atoms with E-state index < -0.39 is 0 Å². The molecule has 0 radical (unpaired) electrons. The van der Waals surface area contributed by atoms with Crippen LogP contribution in [-0.4, -0.2) is 50.2 Å². The van der Waals surface area contributed by atoms with E-state index in [2.05, 4.69) is 51.6 Å². The minimum absolute atomic E-state index is 0.00377. The summed E-state index contributed by atoms with van der Waals surface area (Å²) in [4.78, 5) is 16.9. The van der Waals surface area contributed by atoms with E-state index in [4.69, 9.17) is 0 Å². The Bertz CT molecular complexity index is 726. The van der Waals surface area contributed by atoms with Crippen LogP contribution in [0.5, 0.6) is 0 Å². The van der Waals surface area contributed by atoms with Crippen LogP contribution in [0, 0.1) is 6.92 Å². The Morgan fingerprint density at radius 3 is 2.48 bits per heavy atom. The fourth-order valence-corrected chi connectivity index (χ4v) is 3.45. The van der Waals surface area contributed by atoms with Crippen molar-refractivity contribution in [2.45, 2.75) is 19.9 Å². The van der Waals surface area contributed by atoms with Gasteiger partial charge in [-0.2, -0.15) is 0 Å². The summed E-state index contributed by atoms with van der Waals surface area (Å²) in [5.74, 6) is 0. The Hall–Kier alpha value is -2.53. The number of benzene rings is 2. The molecule has 0 bridgehead atoms. The van der Waals surface area contributed by atoms with Gasteiger partial charge in [-0.05, 0) is 37.1 Å². The standard InChI is InChI=1S/C22H30N4O/c1-18-7-6-10-21(17-18)26-15-13-25(14-16-26)12-11-23-22(27)24-19(2)20-8-4-3-5-9-20/h3-10,17,19H,11-16H2,1-2H3,(H2,23,24,27). The van der Waals surface area contributed by atoms with E-state index in [1.165, 1.54) is 11.3 Å². The van der Waals surface area contributed by atoms with Crippen molar-refractivity contribution in [3.63, 3.8) is 0 Å². The second-order valence-electron chi connectivity index (χ2n) is 7.20. The molecular weight excluding hydrogens is 336 g/mol. The van der Waals surface area contributed by atoms with Gasteiger partial charge in [0.15, 0.2) is 0 Å². The summed E-state index contributed by atoms with van der Waals surface area (Å²) >= 11 is 0. The summed E-state index contributed by atoms with van der Waals surface area (Å²) in [5, 5.41) is 5.97. The van der Waals surface area contributed by atoms with Crippen LogP contribution in [0.2, 0.25) is 0 Å². The first-order valence-electron chi connectivity index (χ1n) is 9.75. The van der Waals surface area contributed by atoms with Gasteiger partial charge in [-0.3, -0.25) is 4.90 Å². The number of carbonyl (C=O) groups is 1. The Labute approximate surface area is 162 Å². The van der Waals surface area contributed by atoms with Gasteiger partial charge in [0, 0.05) is 45.0 Å². The largest absolute Gasteiger partial charge is 0.369 e. The highest BCUT2D eigenvalue weighted by atomic mass is 16.2. The molecule has 0 spiro atoms. The summed E-state index contributed by atoms with van der Waals surface area (Å²) in [5.41, 5.74) is 3.72. The molecule has 5 heteroatoms. The van der Waals surface area contributed by atoms with E-state index in [9.17, 15) is 4.79 Å². The number of anilines is 1. The second kappa shape index (κ2) is 9.42. The van der Waals surface area contributed by atoms with Crippen LogP contribution in [-0.2, 0) is 0 Å². The number of nitrogens with one attached hydrogen (secondary N) is 2. The average molecular weight is 367 g/mol. The van der Waals surface area contributed by atoms with Crippen molar-refractivity contribution in [2.24, 2.45) is 0 Å². The van der Waals surface area contributed by atoms with Crippen LogP contribution in [0.25, 0.3) is 0 Å². The van der Waals surface area contributed by atoms with E-state index in [0.29, 0.717) is 6.54 Å². The minimum atomic E-state index is -0.107. The van der Waals surface area contributed by atoms with Crippen molar-refractivity contribution in [1.29, 1.82) is 0 Å². The molecule has 1 aliphatic rings. The van der Waals surface area contributed by atoms with Gasteiger partial charge < -0.3 is 15.5 Å². The van der Waals surface area contributed by atoms with Crippen molar-refractivity contribution >= 4 is 11.7 Å². The third-order valence-corrected chi connectivity index (χ3v) is 5.10. The van der Waals surface area contributed by atoms with Crippen molar-refractivity contribution in [3.8, 4) is 0 Å². The lowest BCUT2D eigenvalue weighted by atomic mass is 10.1. The highest BCUT2D eigenvalue weighted by molar-refractivity contribution is 5.74. The van der Waals surface area contributed by atoms with Crippen LogP contribution >= 0.6 is 0 Å². The highest BCUT2D eigenvalue weighted by Crippen LogP contribution is 2.17. The number of carbonyl (C=O) groups excluding carboxylic acids is 1. The molecule has 27 heavy (non-hydrogen) atoms. The smallest absolute Gasteiger partial charge is 0.315 e. The lowest BCUT2D eigenvalue weighted by Gasteiger charge is -2.36. The zero-order valence-corrected chi connectivity index (χ0v) is 16.3. The van der Waals surface area contributed by atoms with Gasteiger partial charge in [-0.15, -0.1) is 0 Å². The van der Waals surface area contributed by atoms with Gasteiger partial charge in [-0.25, -0.2) is 4.79 Å². The summed E-state index contributed by atoms with van der Waals surface area (Å²) in [6, 6.07) is 18.6. The molecule has 0 aliphatic carbocycles. The Morgan fingerprint density at radius 1 is 1.04 bits per heavy atom. The summed E-state index contributed by atoms with van der Waals surface area (Å²) in [6.07, 6.45) is 0. The van der Waals surface area contributed by atoms with Crippen LogP contribution in [0.15, 0.2) is 54.6 Å². The molecule has 5 nitrogen and oxygen atoms in total. The lowest BCUT2D eigenvalue weighted by molar-refractivity contribution is 0.229. The van der Waals surface area contributed by atoms with Gasteiger partial charge >= 0.3 is 6.03 Å². The summed E-state index contributed by atoms with van der Waals surface area (Å²) < 4.78 is 0. The fraction of sp³-hybridized carbons (Fsp3) is 0.409.